The Balaban J connectivity index is 1.94. The van der Waals surface area contributed by atoms with Gasteiger partial charge in [-0.2, -0.15) is 0 Å². The minimum atomic E-state index is -0.638. The van der Waals surface area contributed by atoms with Gasteiger partial charge in [-0.15, -0.1) is 0 Å². The highest BCUT2D eigenvalue weighted by Crippen LogP contribution is 2.25. The second kappa shape index (κ2) is 5.50. The zero-order chi connectivity index (χ0) is 12.3. The number of aliphatic carboxylic acids is 1. The third-order valence-electron chi connectivity index (χ3n) is 4.01. The van der Waals surface area contributed by atoms with Crippen LogP contribution in [0, 0.1) is 11.8 Å². The van der Waals surface area contributed by atoms with Crippen LogP contribution in [0.3, 0.4) is 0 Å². The van der Waals surface area contributed by atoms with Crippen molar-refractivity contribution >= 4 is 5.97 Å². The molecule has 2 unspecified atom stereocenters. The van der Waals surface area contributed by atoms with Crippen molar-refractivity contribution in [1.29, 1.82) is 0 Å². The summed E-state index contributed by atoms with van der Waals surface area (Å²) in [6.45, 7) is 3.97. The van der Waals surface area contributed by atoms with Gasteiger partial charge in [0.2, 0.25) is 0 Å². The van der Waals surface area contributed by atoms with Crippen LogP contribution in [0.1, 0.15) is 26.2 Å². The smallest absolute Gasteiger partial charge is 0.307 e. The zero-order valence-corrected chi connectivity index (χ0v) is 10.4. The molecule has 2 aliphatic rings. The van der Waals surface area contributed by atoms with Gasteiger partial charge in [-0.3, -0.25) is 9.69 Å². The van der Waals surface area contributed by atoms with Gasteiger partial charge < -0.3 is 5.11 Å². The largest absolute Gasteiger partial charge is 0.481 e. The maximum Gasteiger partial charge on any atom is 0.307 e. The van der Waals surface area contributed by atoms with Crippen LogP contribution >= 0.6 is 0 Å². The van der Waals surface area contributed by atoms with Crippen molar-refractivity contribution < 1.29 is 9.90 Å². The Kier molecular flexibility index (Phi) is 4.00. The summed E-state index contributed by atoms with van der Waals surface area (Å²) in [6.07, 6.45) is 11.5. The molecule has 1 aliphatic carbocycles. The van der Waals surface area contributed by atoms with Crippen LogP contribution in [0.2, 0.25) is 0 Å². The highest BCUT2D eigenvalue weighted by Gasteiger charge is 2.30. The summed E-state index contributed by atoms with van der Waals surface area (Å²) in [5.74, 6) is -0.275. The van der Waals surface area contributed by atoms with E-state index in [0.717, 1.165) is 25.8 Å². The lowest BCUT2D eigenvalue weighted by molar-refractivity contribution is -0.144. The summed E-state index contributed by atoms with van der Waals surface area (Å²) in [4.78, 5) is 13.4. The Hall–Kier alpha value is -1.09. The molecule has 0 aromatic heterocycles. The first-order valence-electron chi connectivity index (χ1n) is 6.48. The number of carboxylic acid groups (broad SMARTS) is 1. The van der Waals surface area contributed by atoms with E-state index in [-0.39, 0.29) is 5.92 Å². The highest BCUT2D eigenvalue weighted by molar-refractivity contribution is 5.70. The fraction of sp³-hybridized carbons (Fsp3) is 0.643. The molecule has 1 saturated heterocycles. The van der Waals surface area contributed by atoms with Crippen molar-refractivity contribution in [1.82, 2.24) is 4.90 Å². The summed E-state index contributed by atoms with van der Waals surface area (Å²) in [6, 6.07) is 0.443. The minimum absolute atomic E-state index is 0.172. The Morgan fingerprint density at radius 2 is 2.29 bits per heavy atom. The molecule has 0 spiro atoms. The maximum atomic E-state index is 11.0. The molecule has 0 aromatic carbocycles. The zero-order valence-electron chi connectivity index (χ0n) is 10.4. The number of carbonyl (C=O) groups is 1. The van der Waals surface area contributed by atoms with Crippen LogP contribution in [-0.4, -0.2) is 35.1 Å². The van der Waals surface area contributed by atoms with Gasteiger partial charge in [0.25, 0.3) is 0 Å². The van der Waals surface area contributed by atoms with E-state index in [1.807, 2.05) is 0 Å². The summed E-state index contributed by atoms with van der Waals surface area (Å²) >= 11 is 0. The summed E-state index contributed by atoms with van der Waals surface area (Å²) < 4.78 is 0. The number of hydrogen-bond acceptors (Lipinski definition) is 2. The molecule has 0 radical (unpaired) electrons. The highest BCUT2D eigenvalue weighted by atomic mass is 16.4. The molecule has 0 amide bonds. The fourth-order valence-electron chi connectivity index (χ4n) is 2.81. The maximum absolute atomic E-state index is 11.0. The number of allylic oxidation sites excluding steroid dienone is 3. The van der Waals surface area contributed by atoms with E-state index in [4.69, 9.17) is 5.11 Å². The molecule has 1 heterocycles. The second-order valence-electron chi connectivity index (χ2n) is 5.13. The van der Waals surface area contributed by atoms with Gasteiger partial charge in [0, 0.05) is 12.6 Å². The van der Waals surface area contributed by atoms with E-state index in [2.05, 4.69) is 36.1 Å². The molecule has 1 fully saturated rings. The van der Waals surface area contributed by atoms with Crippen LogP contribution in [0.5, 0.6) is 0 Å². The fourth-order valence-corrected chi connectivity index (χ4v) is 2.81. The lowest BCUT2D eigenvalue weighted by atomic mass is 9.89. The summed E-state index contributed by atoms with van der Waals surface area (Å²) in [5, 5.41) is 9.10. The minimum Gasteiger partial charge on any atom is -0.481 e. The van der Waals surface area contributed by atoms with Gasteiger partial charge >= 0.3 is 5.97 Å². The average Bonchev–Trinajstić information content (AvgIpc) is 2.39. The predicted molar refractivity (Wildman–Crippen MR) is 67.8 cm³/mol. The average molecular weight is 235 g/mol. The van der Waals surface area contributed by atoms with E-state index in [9.17, 15) is 4.79 Å². The number of piperidine rings is 1. The number of rotatable bonds is 3. The van der Waals surface area contributed by atoms with Crippen LogP contribution in [-0.2, 0) is 4.79 Å². The van der Waals surface area contributed by atoms with E-state index in [1.165, 1.54) is 0 Å². The van der Waals surface area contributed by atoms with Crippen molar-refractivity contribution in [2.75, 3.05) is 13.1 Å². The molecule has 0 saturated carbocycles. The molecule has 3 atom stereocenters. The monoisotopic (exact) mass is 235 g/mol. The first-order chi connectivity index (χ1) is 8.18. The van der Waals surface area contributed by atoms with E-state index in [1.54, 1.807) is 0 Å². The van der Waals surface area contributed by atoms with Crippen LogP contribution in [0.25, 0.3) is 0 Å². The number of nitrogens with zero attached hydrogens (tertiary/aromatic N) is 1. The van der Waals surface area contributed by atoms with Crippen molar-refractivity contribution in [3.8, 4) is 0 Å². The molecule has 3 heteroatoms. The topological polar surface area (TPSA) is 40.5 Å². The summed E-state index contributed by atoms with van der Waals surface area (Å²) in [7, 11) is 0. The Bertz CT molecular complexity index is 335. The standard InChI is InChI=1S/C14H21NO2/c1-11(12-6-3-2-4-7-12)15-9-5-8-13(10-15)14(16)17/h2-4,6,11-13H,5,7-10H2,1H3,(H,16,17)/t11?,12?,13-/m0/s1. The quantitative estimate of drug-likeness (QED) is 0.816. The lowest BCUT2D eigenvalue weighted by Gasteiger charge is -2.38. The first-order valence-corrected chi connectivity index (χ1v) is 6.48. The van der Waals surface area contributed by atoms with E-state index < -0.39 is 5.97 Å². The second-order valence-corrected chi connectivity index (χ2v) is 5.13. The SMILES string of the molecule is CC(C1C=CC=CC1)N1CCC[C@H](C(=O)O)C1. The number of likely N-dealkylation sites (tertiary alicyclic amines) is 1. The van der Waals surface area contributed by atoms with Gasteiger partial charge in [0.05, 0.1) is 5.92 Å². The molecule has 1 aliphatic heterocycles. The Morgan fingerprint density at radius 1 is 1.47 bits per heavy atom. The molecule has 3 nitrogen and oxygen atoms in total. The third-order valence-corrected chi connectivity index (χ3v) is 4.01. The van der Waals surface area contributed by atoms with Gasteiger partial charge in [-0.05, 0) is 38.6 Å². The van der Waals surface area contributed by atoms with Crippen LogP contribution in [0.4, 0.5) is 0 Å². The van der Waals surface area contributed by atoms with Gasteiger partial charge in [0.15, 0.2) is 0 Å². The Labute approximate surface area is 103 Å². The van der Waals surface area contributed by atoms with Crippen molar-refractivity contribution in [2.45, 2.75) is 32.2 Å². The molecule has 17 heavy (non-hydrogen) atoms. The van der Waals surface area contributed by atoms with E-state index in [0.29, 0.717) is 18.5 Å². The lowest BCUT2D eigenvalue weighted by Crippen LogP contribution is -2.46. The van der Waals surface area contributed by atoms with Crippen LogP contribution < -0.4 is 0 Å². The van der Waals surface area contributed by atoms with Crippen molar-refractivity contribution in [3.05, 3.63) is 24.3 Å². The van der Waals surface area contributed by atoms with E-state index >= 15 is 0 Å². The Morgan fingerprint density at radius 3 is 2.94 bits per heavy atom. The number of carboxylic acids is 1. The molecule has 0 aromatic rings. The molecule has 2 rings (SSSR count). The molecule has 94 valence electrons. The molecular formula is C14H21NO2. The third kappa shape index (κ3) is 2.97. The van der Waals surface area contributed by atoms with Crippen LogP contribution in [0.15, 0.2) is 24.3 Å². The number of hydrogen-bond donors (Lipinski definition) is 1. The normalized spacial score (nSPS) is 31.4. The first kappa shape index (κ1) is 12.4. The predicted octanol–water partition coefficient (Wildman–Crippen LogP) is 2.30. The molecule has 0 bridgehead atoms. The van der Waals surface area contributed by atoms with Gasteiger partial charge in [-0.1, -0.05) is 24.3 Å². The molecular weight excluding hydrogens is 214 g/mol. The van der Waals surface area contributed by atoms with Crippen molar-refractivity contribution in [2.24, 2.45) is 11.8 Å². The summed E-state index contributed by atoms with van der Waals surface area (Å²) in [5.41, 5.74) is 0. The van der Waals surface area contributed by atoms with Gasteiger partial charge in [0.1, 0.15) is 0 Å². The molecule has 1 N–H and O–H groups in total. The van der Waals surface area contributed by atoms with Crippen molar-refractivity contribution in [3.63, 3.8) is 0 Å². The van der Waals surface area contributed by atoms with Gasteiger partial charge in [-0.25, -0.2) is 0 Å².